The van der Waals surface area contributed by atoms with Gasteiger partial charge in [0.25, 0.3) is 0 Å². The number of benzene rings is 1. The number of hydrogen-bond acceptors (Lipinski definition) is 5. The Morgan fingerprint density at radius 3 is 2.71 bits per heavy atom. The molecule has 0 bridgehead atoms. The molecule has 1 aliphatic rings. The van der Waals surface area contributed by atoms with Gasteiger partial charge >= 0.3 is 5.91 Å². The molecule has 7 nitrogen and oxygen atoms in total. The largest absolute Gasteiger partial charge is 0.459 e. The Morgan fingerprint density at radius 1 is 1.11 bits per heavy atom. The average Bonchev–Trinajstić information content (AvgIpc) is 3.39. The zero-order valence-electron chi connectivity index (χ0n) is 15.4. The molecule has 2 amide bonds. The van der Waals surface area contributed by atoms with Crippen LogP contribution >= 0.6 is 11.8 Å². The highest BCUT2D eigenvalue weighted by atomic mass is 32.2. The predicted octanol–water partition coefficient (Wildman–Crippen LogP) is 3.69. The quantitative estimate of drug-likeness (QED) is 0.505. The third-order valence-corrected chi connectivity index (χ3v) is 5.85. The molecule has 1 fully saturated rings. The van der Waals surface area contributed by atoms with E-state index in [4.69, 9.17) is 9.40 Å². The number of hydrazine groups is 1. The van der Waals surface area contributed by atoms with Gasteiger partial charge in [-0.15, -0.1) is 0 Å². The molecule has 0 aliphatic heterocycles. The van der Waals surface area contributed by atoms with Gasteiger partial charge in [0.15, 0.2) is 10.9 Å². The number of hydrogen-bond donors (Lipinski definition) is 2. The highest BCUT2D eigenvalue weighted by Crippen LogP contribution is 2.35. The molecule has 0 spiro atoms. The van der Waals surface area contributed by atoms with Gasteiger partial charge in [0.1, 0.15) is 0 Å². The maximum Gasteiger partial charge on any atom is 0.305 e. The van der Waals surface area contributed by atoms with Gasteiger partial charge in [0.2, 0.25) is 5.91 Å². The lowest BCUT2D eigenvalue weighted by molar-refractivity contribution is -0.119. The molecule has 8 heteroatoms. The number of imidazole rings is 1. The van der Waals surface area contributed by atoms with Crippen LogP contribution in [0.1, 0.15) is 48.7 Å². The van der Waals surface area contributed by atoms with Crippen LogP contribution < -0.4 is 10.9 Å². The van der Waals surface area contributed by atoms with Gasteiger partial charge in [-0.1, -0.05) is 43.2 Å². The van der Waals surface area contributed by atoms with Gasteiger partial charge in [0, 0.05) is 6.04 Å². The Bertz CT molecular complexity index is 961. The monoisotopic (exact) mass is 398 g/mol. The minimum absolute atomic E-state index is 0.145. The first-order chi connectivity index (χ1) is 13.7. The summed E-state index contributed by atoms with van der Waals surface area (Å²) in [5.74, 6) is -0.480. The average molecular weight is 398 g/mol. The number of fused-ring (bicyclic) bond motifs is 1. The van der Waals surface area contributed by atoms with Crippen molar-refractivity contribution in [2.75, 3.05) is 5.75 Å². The molecule has 28 heavy (non-hydrogen) atoms. The Morgan fingerprint density at radius 2 is 1.93 bits per heavy atom. The topological polar surface area (TPSA) is 89.2 Å². The summed E-state index contributed by atoms with van der Waals surface area (Å²) < 4.78 is 7.28. The maximum atomic E-state index is 12.2. The van der Waals surface area contributed by atoms with Crippen LogP contribution in [-0.2, 0) is 4.79 Å². The van der Waals surface area contributed by atoms with E-state index in [1.165, 1.54) is 43.4 Å². The number of aromatic nitrogens is 2. The second-order valence-corrected chi connectivity index (χ2v) is 7.76. The number of carbonyl (C=O) groups is 2. The van der Waals surface area contributed by atoms with Crippen molar-refractivity contribution < 1.29 is 14.0 Å². The van der Waals surface area contributed by atoms with E-state index in [0.717, 1.165) is 29.0 Å². The minimum Gasteiger partial charge on any atom is -0.459 e. The Balaban J connectivity index is 1.42. The summed E-state index contributed by atoms with van der Waals surface area (Å²) in [6.45, 7) is 0. The lowest BCUT2D eigenvalue weighted by Gasteiger charge is -2.25. The molecule has 1 saturated carbocycles. The Hall–Kier alpha value is -2.74. The van der Waals surface area contributed by atoms with E-state index in [1.807, 2.05) is 18.2 Å². The molecule has 4 rings (SSSR count). The van der Waals surface area contributed by atoms with Gasteiger partial charge in [0.05, 0.1) is 23.0 Å². The predicted molar refractivity (Wildman–Crippen MR) is 107 cm³/mol. The van der Waals surface area contributed by atoms with E-state index in [1.54, 1.807) is 6.07 Å². The van der Waals surface area contributed by atoms with Crippen LogP contribution in [0, 0.1) is 0 Å². The van der Waals surface area contributed by atoms with Crippen LogP contribution in [0.3, 0.4) is 0 Å². The summed E-state index contributed by atoms with van der Waals surface area (Å²) >= 11 is 1.39. The first kappa shape index (κ1) is 18.6. The van der Waals surface area contributed by atoms with Crippen LogP contribution in [0.4, 0.5) is 0 Å². The van der Waals surface area contributed by atoms with Crippen molar-refractivity contribution in [3.63, 3.8) is 0 Å². The summed E-state index contributed by atoms with van der Waals surface area (Å²) in [6.07, 6.45) is 7.41. The highest BCUT2D eigenvalue weighted by molar-refractivity contribution is 7.99. The summed E-state index contributed by atoms with van der Waals surface area (Å²) in [5.41, 5.74) is 6.83. The van der Waals surface area contributed by atoms with Gasteiger partial charge in [-0.2, -0.15) is 0 Å². The van der Waals surface area contributed by atoms with Crippen molar-refractivity contribution in [2.24, 2.45) is 0 Å². The summed E-state index contributed by atoms with van der Waals surface area (Å²) in [6, 6.07) is 11.7. The first-order valence-corrected chi connectivity index (χ1v) is 10.4. The van der Waals surface area contributed by atoms with Crippen molar-refractivity contribution >= 4 is 34.6 Å². The number of amides is 2. The molecule has 2 aromatic heterocycles. The molecular weight excluding hydrogens is 376 g/mol. The fraction of sp³-hybridized carbons (Fsp3) is 0.350. The molecule has 1 aromatic carbocycles. The van der Waals surface area contributed by atoms with Gasteiger partial charge < -0.3 is 8.98 Å². The van der Waals surface area contributed by atoms with E-state index < -0.39 is 5.91 Å². The van der Waals surface area contributed by atoms with E-state index >= 15 is 0 Å². The van der Waals surface area contributed by atoms with Crippen molar-refractivity contribution in [1.29, 1.82) is 0 Å². The van der Waals surface area contributed by atoms with Crippen molar-refractivity contribution in [2.45, 2.75) is 43.3 Å². The second-order valence-electron chi connectivity index (χ2n) is 6.81. The number of para-hydroxylation sites is 2. The second kappa shape index (κ2) is 8.52. The smallest absolute Gasteiger partial charge is 0.305 e. The molecule has 2 N–H and O–H groups in total. The number of nitrogens with zero attached hydrogens (tertiary/aromatic N) is 2. The fourth-order valence-electron chi connectivity index (χ4n) is 3.58. The molecule has 0 unspecified atom stereocenters. The summed E-state index contributed by atoms with van der Waals surface area (Å²) in [7, 11) is 0. The lowest BCUT2D eigenvalue weighted by Crippen LogP contribution is -2.42. The fourth-order valence-corrected chi connectivity index (χ4v) is 4.46. The standard InChI is InChI=1S/C20H22N4O3S/c25-18(22-23-19(26)17-11-6-12-27-17)13-28-20-21-15-9-4-5-10-16(15)24(20)14-7-2-1-3-8-14/h4-6,9-12,14H,1-3,7-8,13H2,(H,22,25)(H,23,26). The van der Waals surface area contributed by atoms with Gasteiger partial charge in [-0.05, 0) is 37.1 Å². The van der Waals surface area contributed by atoms with Crippen LogP contribution in [0.15, 0.2) is 52.2 Å². The first-order valence-electron chi connectivity index (χ1n) is 9.45. The minimum atomic E-state index is -0.488. The Labute approximate surface area is 166 Å². The van der Waals surface area contributed by atoms with E-state index in [9.17, 15) is 9.59 Å². The van der Waals surface area contributed by atoms with Crippen LogP contribution in [-0.4, -0.2) is 27.1 Å². The molecular formula is C20H22N4O3S. The highest BCUT2D eigenvalue weighted by Gasteiger charge is 2.22. The van der Waals surface area contributed by atoms with Gasteiger partial charge in [-0.3, -0.25) is 20.4 Å². The number of thioether (sulfide) groups is 1. The molecule has 146 valence electrons. The summed E-state index contributed by atoms with van der Waals surface area (Å²) in [4.78, 5) is 28.7. The zero-order chi connectivity index (χ0) is 19.3. The molecule has 2 heterocycles. The third-order valence-electron chi connectivity index (χ3n) is 4.90. The molecule has 3 aromatic rings. The normalized spacial score (nSPS) is 14.9. The van der Waals surface area contributed by atoms with Crippen LogP contribution in [0.2, 0.25) is 0 Å². The number of carbonyl (C=O) groups excluding carboxylic acids is 2. The molecule has 0 atom stereocenters. The van der Waals surface area contributed by atoms with E-state index in [2.05, 4.69) is 21.5 Å². The van der Waals surface area contributed by atoms with Crippen LogP contribution in [0.5, 0.6) is 0 Å². The SMILES string of the molecule is O=C(CSc1nc2ccccc2n1C1CCCCC1)NNC(=O)c1ccco1. The molecule has 0 saturated heterocycles. The molecule has 1 aliphatic carbocycles. The van der Waals surface area contributed by atoms with E-state index in [0.29, 0.717) is 6.04 Å². The van der Waals surface area contributed by atoms with Crippen molar-refractivity contribution in [3.8, 4) is 0 Å². The zero-order valence-corrected chi connectivity index (χ0v) is 16.2. The molecule has 0 radical (unpaired) electrons. The van der Waals surface area contributed by atoms with Crippen molar-refractivity contribution in [1.82, 2.24) is 20.4 Å². The number of furan rings is 1. The van der Waals surface area contributed by atoms with E-state index in [-0.39, 0.29) is 17.4 Å². The lowest BCUT2D eigenvalue weighted by atomic mass is 9.95. The maximum absolute atomic E-state index is 12.2. The summed E-state index contributed by atoms with van der Waals surface area (Å²) in [5, 5.41) is 0.848. The Kier molecular flexibility index (Phi) is 5.66. The van der Waals surface area contributed by atoms with Crippen LogP contribution in [0.25, 0.3) is 11.0 Å². The van der Waals surface area contributed by atoms with Gasteiger partial charge in [-0.25, -0.2) is 4.98 Å². The third kappa shape index (κ3) is 4.06. The number of rotatable bonds is 5. The number of nitrogens with one attached hydrogen (secondary N) is 2. The van der Waals surface area contributed by atoms with Crippen molar-refractivity contribution in [3.05, 3.63) is 48.4 Å².